The molecule has 0 aliphatic carbocycles. The van der Waals surface area contributed by atoms with Gasteiger partial charge in [-0.1, -0.05) is 19.1 Å². The Morgan fingerprint density at radius 2 is 2.00 bits per heavy atom. The van der Waals surface area contributed by atoms with Crippen LogP contribution in [0.3, 0.4) is 0 Å². The van der Waals surface area contributed by atoms with Gasteiger partial charge in [0.05, 0.1) is 12.1 Å². The van der Waals surface area contributed by atoms with Crippen molar-refractivity contribution in [2.75, 3.05) is 13.6 Å². The molecule has 0 saturated carbocycles. The van der Waals surface area contributed by atoms with Crippen molar-refractivity contribution in [1.29, 1.82) is 0 Å². The van der Waals surface area contributed by atoms with Gasteiger partial charge in [-0.3, -0.25) is 14.2 Å². The second-order valence-corrected chi connectivity index (χ2v) is 6.68. The number of carbonyl (C=O) groups is 1. The molecule has 0 spiro atoms. The molecule has 0 fully saturated rings. The Labute approximate surface area is 151 Å². The Kier molecular flexibility index (Phi) is 4.99. The number of hydrogen-bond donors (Lipinski definition) is 1. The predicted octanol–water partition coefficient (Wildman–Crippen LogP) is 1.82. The Hall–Kier alpha value is -2.81. The van der Waals surface area contributed by atoms with Gasteiger partial charge in [0.15, 0.2) is 5.52 Å². The first kappa shape index (κ1) is 18.0. The number of nitrogens with one attached hydrogen (secondary N) is 1. The van der Waals surface area contributed by atoms with Crippen LogP contribution in [0.15, 0.2) is 33.9 Å². The average molecular weight is 376 g/mol. The minimum Gasteiger partial charge on any atom is -0.341 e. The summed E-state index contributed by atoms with van der Waals surface area (Å²) in [6.07, 6.45) is 0.792. The van der Waals surface area contributed by atoms with Gasteiger partial charge in [0.1, 0.15) is 10.7 Å². The summed E-state index contributed by atoms with van der Waals surface area (Å²) in [5.74, 6) is -0.685. The highest BCUT2D eigenvalue weighted by atomic mass is 32.1. The molecule has 3 aromatic rings. The number of aromatic nitrogens is 3. The molecule has 26 heavy (non-hydrogen) atoms. The van der Waals surface area contributed by atoms with Crippen LogP contribution in [0, 0.1) is 5.82 Å². The molecule has 2 aromatic heterocycles. The maximum absolute atomic E-state index is 13.0. The molecular weight excluding hydrogens is 359 g/mol. The van der Waals surface area contributed by atoms with E-state index in [1.54, 1.807) is 7.05 Å². The smallest absolute Gasteiger partial charge is 0.329 e. The van der Waals surface area contributed by atoms with Gasteiger partial charge in [0.25, 0.3) is 11.5 Å². The summed E-state index contributed by atoms with van der Waals surface area (Å²) < 4.78 is 18.1. The van der Waals surface area contributed by atoms with Crippen molar-refractivity contribution >= 4 is 28.5 Å². The molecule has 1 aromatic carbocycles. The zero-order valence-corrected chi connectivity index (χ0v) is 15.1. The monoisotopic (exact) mass is 376 g/mol. The van der Waals surface area contributed by atoms with Crippen LogP contribution >= 0.6 is 11.5 Å². The fraction of sp³-hybridized carbons (Fsp3) is 0.294. The third-order valence-corrected chi connectivity index (χ3v) is 4.81. The van der Waals surface area contributed by atoms with Gasteiger partial charge in [0, 0.05) is 13.6 Å². The number of benzene rings is 1. The van der Waals surface area contributed by atoms with E-state index < -0.39 is 17.1 Å². The van der Waals surface area contributed by atoms with Crippen LogP contribution in [-0.2, 0) is 6.54 Å². The fourth-order valence-corrected chi connectivity index (χ4v) is 3.44. The third-order valence-electron chi connectivity index (χ3n) is 3.97. The number of amides is 1. The number of halogens is 1. The molecule has 136 valence electrons. The molecule has 0 atom stereocenters. The predicted molar refractivity (Wildman–Crippen MR) is 97.3 cm³/mol. The summed E-state index contributed by atoms with van der Waals surface area (Å²) in [5, 5.41) is 0. The lowest BCUT2D eigenvalue weighted by Crippen LogP contribution is -2.36. The largest absolute Gasteiger partial charge is 0.341 e. The number of aromatic amines is 1. The minimum absolute atomic E-state index is 0.0130. The first-order chi connectivity index (χ1) is 12.4. The van der Waals surface area contributed by atoms with E-state index in [-0.39, 0.29) is 28.4 Å². The average Bonchev–Trinajstić information content (AvgIpc) is 3.03. The molecule has 3 rings (SSSR count). The zero-order valence-electron chi connectivity index (χ0n) is 14.3. The second-order valence-electron chi connectivity index (χ2n) is 5.91. The van der Waals surface area contributed by atoms with Gasteiger partial charge in [-0.2, -0.15) is 4.37 Å². The van der Waals surface area contributed by atoms with Crippen LogP contribution in [0.1, 0.15) is 28.6 Å². The summed E-state index contributed by atoms with van der Waals surface area (Å²) >= 11 is 0.891. The lowest BCUT2D eigenvalue weighted by molar-refractivity contribution is 0.0801. The van der Waals surface area contributed by atoms with E-state index >= 15 is 0 Å². The zero-order chi connectivity index (χ0) is 18.8. The lowest BCUT2D eigenvalue weighted by Gasteiger charge is -2.14. The molecule has 0 aliphatic rings. The van der Waals surface area contributed by atoms with Gasteiger partial charge in [-0.15, -0.1) is 0 Å². The quantitative estimate of drug-likeness (QED) is 0.736. The molecule has 0 unspecified atom stereocenters. The van der Waals surface area contributed by atoms with Gasteiger partial charge in [0.2, 0.25) is 0 Å². The summed E-state index contributed by atoms with van der Waals surface area (Å²) in [4.78, 5) is 41.8. The van der Waals surface area contributed by atoms with Gasteiger partial charge in [-0.25, -0.2) is 9.18 Å². The Balaban J connectivity index is 2.04. The second kappa shape index (κ2) is 7.20. The molecule has 2 heterocycles. The number of H-pyrrole nitrogens is 1. The molecule has 1 amide bonds. The van der Waals surface area contributed by atoms with Crippen molar-refractivity contribution in [1.82, 2.24) is 18.8 Å². The lowest BCUT2D eigenvalue weighted by atomic mass is 10.2. The Morgan fingerprint density at radius 3 is 2.65 bits per heavy atom. The summed E-state index contributed by atoms with van der Waals surface area (Å²) in [5.41, 5.74) is -0.411. The minimum atomic E-state index is -0.640. The summed E-state index contributed by atoms with van der Waals surface area (Å²) in [7, 11) is 1.66. The summed E-state index contributed by atoms with van der Waals surface area (Å²) in [6, 6.07) is 5.52. The van der Waals surface area contributed by atoms with Crippen molar-refractivity contribution in [3.05, 3.63) is 61.4 Å². The summed E-state index contributed by atoms with van der Waals surface area (Å²) in [6.45, 7) is 2.50. The normalized spacial score (nSPS) is 11.0. The van der Waals surface area contributed by atoms with Crippen LogP contribution < -0.4 is 11.2 Å². The third kappa shape index (κ3) is 3.30. The molecule has 7 nitrogen and oxygen atoms in total. The SMILES string of the molecule is CCCN(C)C(=O)c1snc2c(=O)n(Cc3ccc(F)cc3)c(=O)[nH]c12. The molecule has 0 aliphatic heterocycles. The number of fused-ring (bicyclic) bond motifs is 1. The van der Waals surface area contributed by atoms with Crippen LogP contribution in [0.4, 0.5) is 4.39 Å². The number of rotatable bonds is 5. The molecule has 1 N–H and O–H groups in total. The van der Waals surface area contributed by atoms with Crippen LogP contribution in [0.25, 0.3) is 11.0 Å². The van der Waals surface area contributed by atoms with Crippen molar-refractivity contribution < 1.29 is 9.18 Å². The first-order valence-electron chi connectivity index (χ1n) is 8.04. The van der Waals surface area contributed by atoms with E-state index in [0.717, 1.165) is 22.5 Å². The maximum Gasteiger partial charge on any atom is 0.329 e. The number of carbonyl (C=O) groups excluding carboxylic acids is 1. The Morgan fingerprint density at radius 1 is 1.31 bits per heavy atom. The van der Waals surface area contributed by atoms with Crippen LogP contribution in [0.5, 0.6) is 0 Å². The molecule has 0 radical (unpaired) electrons. The topological polar surface area (TPSA) is 88.1 Å². The molecule has 9 heteroatoms. The number of nitrogens with zero attached hydrogens (tertiary/aromatic N) is 3. The van der Waals surface area contributed by atoms with Gasteiger partial charge in [-0.05, 0) is 35.6 Å². The maximum atomic E-state index is 13.0. The van der Waals surface area contributed by atoms with Gasteiger partial charge >= 0.3 is 5.69 Å². The van der Waals surface area contributed by atoms with E-state index in [0.29, 0.717) is 12.1 Å². The van der Waals surface area contributed by atoms with E-state index in [4.69, 9.17) is 0 Å². The van der Waals surface area contributed by atoms with E-state index in [9.17, 15) is 18.8 Å². The van der Waals surface area contributed by atoms with Crippen LogP contribution in [-0.4, -0.2) is 38.3 Å². The van der Waals surface area contributed by atoms with Crippen LogP contribution in [0.2, 0.25) is 0 Å². The molecular formula is C17H17FN4O3S. The van der Waals surface area contributed by atoms with Gasteiger partial charge < -0.3 is 9.88 Å². The highest BCUT2D eigenvalue weighted by molar-refractivity contribution is 7.09. The number of hydrogen-bond acceptors (Lipinski definition) is 5. The fourth-order valence-electron chi connectivity index (χ4n) is 2.62. The standard InChI is InChI=1S/C17H17FN4O3S/c1-3-8-21(2)16(24)14-12-13(20-26-14)15(23)22(17(25)19-12)9-10-4-6-11(18)7-5-10/h4-7H,3,8-9H2,1-2H3,(H,19,25). The van der Waals surface area contributed by atoms with Crippen molar-refractivity contribution in [2.45, 2.75) is 19.9 Å². The highest BCUT2D eigenvalue weighted by Crippen LogP contribution is 2.18. The Bertz CT molecular complexity index is 1070. The van der Waals surface area contributed by atoms with E-state index in [2.05, 4.69) is 9.36 Å². The van der Waals surface area contributed by atoms with Crippen molar-refractivity contribution in [2.24, 2.45) is 0 Å². The highest BCUT2D eigenvalue weighted by Gasteiger charge is 2.21. The first-order valence-corrected chi connectivity index (χ1v) is 8.82. The van der Waals surface area contributed by atoms with E-state index in [1.165, 1.54) is 29.2 Å². The van der Waals surface area contributed by atoms with Crippen molar-refractivity contribution in [3.63, 3.8) is 0 Å². The molecule has 0 bridgehead atoms. The van der Waals surface area contributed by atoms with Crippen molar-refractivity contribution in [3.8, 4) is 0 Å². The molecule has 0 saturated heterocycles. The van der Waals surface area contributed by atoms with E-state index in [1.807, 2.05) is 6.92 Å².